The van der Waals surface area contributed by atoms with Crippen molar-refractivity contribution in [3.63, 3.8) is 0 Å². The van der Waals surface area contributed by atoms with Crippen molar-refractivity contribution in [1.82, 2.24) is 15.3 Å². The molecule has 0 aliphatic heterocycles. The van der Waals surface area contributed by atoms with Gasteiger partial charge in [0.25, 0.3) is 0 Å². The van der Waals surface area contributed by atoms with Crippen LogP contribution in [-0.4, -0.2) is 17.0 Å². The van der Waals surface area contributed by atoms with Crippen LogP contribution in [-0.2, 0) is 6.54 Å². The van der Waals surface area contributed by atoms with Crippen molar-refractivity contribution < 1.29 is 0 Å². The highest BCUT2D eigenvalue weighted by atomic mass is 14.9. The van der Waals surface area contributed by atoms with Gasteiger partial charge in [0.2, 0.25) is 0 Å². The molecule has 0 saturated heterocycles. The summed E-state index contributed by atoms with van der Waals surface area (Å²) in [6.45, 7) is 0.836. The van der Waals surface area contributed by atoms with Crippen molar-refractivity contribution in [2.75, 3.05) is 7.05 Å². The highest BCUT2D eigenvalue weighted by Crippen LogP contribution is 2.32. The minimum absolute atomic E-state index is 0.689. The normalized spacial score (nSPS) is 17.5. The van der Waals surface area contributed by atoms with Gasteiger partial charge in [-0.1, -0.05) is 12.8 Å². The topological polar surface area (TPSA) is 37.8 Å². The predicted molar refractivity (Wildman–Crippen MR) is 56.0 cm³/mol. The molecule has 1 heterocycles. The van der Waals surface area contributed by atoms with Gasteiger partial charge in [-0.15, -0.1) is 0 Å². The quantitative estimate of drug-likeness (QED) is 0.792. The lowest BCUT2D eigenvalue weighted by Gasteiger charge is -2.08. The van der Waals surface area contributed by atoms with Gasteiger partial charge in [0.1, 0.15) is 6.33 Å². The molecule has 1 aliphatic rings. The van der Waals surface area contributed by atoms with E-state index in [9.17, 15) is 0 Å². The van der Waals surface area contributed by atoms with Gasteiger partial charge in [-0.05, 0) is 26.0 Å². The van der Waals surface area contributed by atoms with E-state index in [0.29, 0.717) is 5.92 Å². The molecule has 3 nitrogen and oxygen atoms in total. The van der Waals surface area contributed by atoms with Crippen LogP contribution in [0.4, 0.5) is 0 Å². The summed E-state index contributed by atoms with van der Waals surface area (Å²) in [5.74, 6) is 0.689. The number of aromatic nitrogens is 2. The molecule has 0 atom stereocenters. The fraction of sp³-hybridized carbons (Fsp3) is 0.636. The van der Waals surface area contributed by atoms with Crippen molar-refractivity contribution in [3.8, 4) is 0 Å². The maximum absolute atomic E-state index is 4.36. The van der Waals surface area contributed by atoms with E-state index in [1.54, 1.807) is 6.33 Å². The minimum Gasteiger partial charge on any atom is -0.314 e. The molecule has 14 heavy (non-hydrogen) atoms. The lowest BCUT2D eigenvalue weighted by Crippen LogP contribution is -2.08. The fourth-order valence-electron chi connectivity index (χ4n) is 2.14. The Morgan fingerprint density at radius 3 is 2.86 bits per heavy atom. The first-order valence-electron chi connectivity index (χ1n) is 5.35. The van der Waals surface area contributed by atoms with Crippen LogP contribution < -0.4 is 5.32 Å². The summed E-state index contributed by atoms with van der Waals surface area (Å²) in [5.41, 5.74) is 2.34. The Hall–Kier alpha value is -0.960. The van der Waals surface area contributed by atoms with Gasteiger partial charge in [-0.2, -0.15) is 0 Å². The Labute approximate surface area is 85.0 Å². The zero-order valence-corrected chi connectivity index (χ0v) is 8.66. The molecule has 1 aromatic rings. The van der Waals surface area contributed by atoms with E-state index in [0.717, 1.165) is 12.2 Å². The number of hydrogen-bond acceptors (Lipinski definition) is 3. The van der Waals surface area contributed by atoms with Gasteiger partial charge < -0.3 is 5.32 Å². The van der Waals surface area contributed by atoms with Gasteiger partial charge in [-0.25, -0.2) is 9.97 Å². The Balaban J connectivity index is 2.12. The average Bonchev–Trinajstić information content (AvgIpc) is 2.71. The second-order valence-electron chi connectivity index (χ2n) is 3.95. The first-order chi connectivity index (χ1) is 6.90. The van der Waals surface area contributed by atoms with Crippen molar-refractivity contribution in [2.45, 2.75) is 38.1 Å². The van der Waals surface area contributed by atoms with Crippen LogP contribution in [0.25, 0.3) is 0 Å². The molecule has 1 saturated carbocycles. The Kier molecular flexibility index (Phi) is 3.09. The van der Waals surface area contributed by atoms with E-state index in [-0.39, 0.29) is 0 Å². The summed E-state index contributed by atoms with van der Waals surface area (Å²) < 4.78 is 0. The fourth-order valence-corrected chi connectivity index (χ4v) is 2.14. The van der Waals surface area contributed by atoms with Gasteiger partial charge in [0.15, 0.2) is 0 Å². The van der Waals surface area contributed by atoms with E-state index in [4.69, 9.17) is 0 Å². The predicted octanol–water partition coefficient (Wildman–Crippen LogP) is 1.85. The van der Waals surface area contributed by atoms with Crippen LogP contribution in [0.15, 0.2) is 12.4 Å². The summed E-state index contributed by atoms with van der Waals surface area (Å²) in [6.07, 6.45) is 7.01. The number of nitrogens with one attached hydrogen (secondary N) is 1. The first kappa shape index (κ1) is 9.59. The summed E-state index contributed by atoms with van der Waals surface area (Å²) in [4.78, 5) is 8.59. The van der Waals surface area contributed by atoms with Crippen LogP contribution in [0.3, 0.4) is 0 Å². The summed E-state index contributed by atoms with van der Waals surface area (Å²) in [6, 6.07) is 2.15. The molecule has 1 N–H and O–H groups in total. The highest BCUT2D eigenvalue weighted by molar-refractivity contribution is 5.13. The lowest BCUT2D eigenvalue weighted by molar-refractivity contribution is 0.684. The molecule has 2 rings (SSSR count). The molecule has 0 bridgehead atoms. The Morgan fingerprint density at radius 2 is 2.14 bits per heavy atom. The molecule has 1 aliphatic carbocycles. The molecule has 0 spiro atoms. The van der Waals surface area contributed by atoms with Gasteiger partial charge >= 0.3 is 0 Å². The Bertz CT molecular complexity index is 292. The van der Waals surface area contributed by atoms with Crippen LogP contribution in [0.5, 0.6) is 0 Å². The third-order valence-electron chi connectivity index (χ3n) is 2.88. The third kappa shape index (κ3) is 2.10. The molecule has 0 amide bonds. The lowest BCUT2D eigenvalue weighted by atomic mass is 10.0. The van der Waals surface area contributed by atoms with Crippen molar-refractivity contribution in [1.29, 1.82) is 0 Å². The molecule has 0 aromatic carbocycles. The van der Waals surface area contributed by atoms with Crippen LogP contribution in [0, 0.1) is 0 Å². The largest absolute Gasteiger partial charge is 0.314 e. The van der Waals surface area contributed by atoms with Gasteiger partial charge in [-0.3, -0.25) is 0 Å². The first-order valence-corrected chi connectivity index (χ1v) is 5.35. The Morgan fingerprint density at radius 1 is 1.36 bits per heavy atom. The van der Waals surface area contributed by atoms with Crippen LogP contribution in [0.1, 0.15) is 43.0 Å². The molecule has 0 radical (unpaired) electrons. The van der Waals surface area contributed by atoms with E-state index >= 15 is 0 Å². The zero-order valence-electron chi connectivity index (χ0n) is 8.66. The van der Waals surface area contributed by atoms with Crippen molar-refractivity contribution >= 4 is 0 Å². The molecule has 76 valence electrons. The number of nitrogens with zero attached hydrogens (tertiary/aromatic N) is 2. The van der Waals surface area contributed by atoms with Crippen molar-refractivity contribution in [3.05, 3.63) is 23.8 Å². The molecular formula is C11H17N3. The summed E-state index contributed by atoms with van der Waals surface area (Å²) in [7, 11) is 1.94. The zero-order chi connectivity index (χ0) is 9.80. The molecule has 1 fully saturated rings. The molecule has 1 aromatic heterocycles. The number of hydrogen-bond donors (Lipinski definition) is 1. The van der Waals surface area contributed by atoms with Crippen molar-refractivity contribution in [2.24, 2.45) is 0 Å². The second kappa shape index (κ2) is 4.51. The second-order valence-corrected chi connectivity index (χ2v) is 3.95. The van der Waals surface area contributed by atoms with Crippen LogP contribution >= 0.6 is 0 Å². The van der Waals surface area contributed by atoms with Gasteiger partial charge in [0, 0.05) is 18.2 Å². The van der Waals surface area contributed by atoms with E-state index in [1.807, 2.05) is 7.05 Å². The molecule has 3 heteroatoms. The van der Waals surface area contributed by atoms with E-state index in [1.165, 1.54) is 31.4 Å². The molecule has 0 unspecified atom stereocenters. The van der Waals surface area contributed by atoms with E-state index in [2.05, 4.69) is 21.4 Å². The average molecular weight is 191 g/mol. The van der Waals surface area contributed by atoms with Crippen LogP contribution in [0.2, 0.25) is 0 Å². The SMILES string of the molecule is CNCc1cc(C2CCCC2)ncn1. The smallest absolute Gasteiger partial charge is 0.115 e. The number of rotatable bonds is 3. The summed E-state index contributed by atoms with van der Waals surface area (Å²) in [5, 5.41) is 3.11. The minimum atomic E-state index is 0.689. The maximum Gasteiger partial charge on any atom is 0.115 e. The van der Waals surface area contributed by atoms with E-state index < -0.39 is 0 Å². The highest BCUT2D eigenvalue weighted by Gasteiger charge is 2.18. The maximum atomic E-state index is 4.36. The monoisotopic (exact) mass is 191 g/mol. The standard InChI is InChI=1S/C11H17N3/c1-12-7-10-6-11(14-8-13-10)9-4-2-3-5-9/h6,8-9,12H,2-5,7H2,1H3. The summed E-state index contributed by atoms with van der Waals surface area (Å²) >= 11 is 0. The molecular weight excluding hydrogens is 174 g/mol. The third-order valence-corrected chi connectivity index (χ3v) is 2.88. The van der Waals surface area contributed by atoms with Gasteiger partial charge in [0.05, 0.1) is 5.69 Å².